The topological polar surface area (TPSA) is 71.3 Å². The maximum atomic E-state index is 13.5. The number of nitrogens with one attached hydrogen (secondary N) is 2. The van der Waals surface area contributed by atoms with Crippen LogP contribution in [0.5, 0.6) is 0 Å². The number of aliphatic imine (C=N–C) groups is 1. The number of guanidine groups is 1. The number of rotatable bonds is 9. The first-order valence-corrected chi connectivity index (χ1v) is 11.5. The highest BCUT2D eigenvalue weighted by Gasteiger charge is 2.23. The van der Waals surface area contributed by atoms with E-state index < -0.39 is 0 Å². The lowest BCUT2D eigenvalue weighted by molar-refractivity contribution is 0.0179. The van der Waals surface area contributed by atoms with Gasteiger partial charge in [-0.3, -0.25) is 9.89 Å². The third-order valence-corrected chi connectivity index (χ3v) is 5.93. The second-order valence-electron chi connectivity index (χ2n) is 8.18. The van der Waals surface area contributed by atoms with Crippen LogP contribution < -0.4 is 10.6 Å². The Hall–Kier alpha value is -1.69. The molecule has 2 atom stereocenters. The molecule has 9 heteroatoms. The molecule has 1 aromatic carbocycles. The minimum atomic E-state index is -0.225. The summed E-state index contributed by atoms with van der Waals surface area (Å²) in [5, 5.41) is 6.86. The molecular formula is C24H34FIN4O3. The van der Waals surface area contributed by atoms with Crippen LogP contribution in [0.3, 0.4) is 0 Å². The van der Waals surface area contributed by atoms with Gasteiger partial charge in [-0.05, 0) is 42.7 Å². The van der Waals surface area contributed by atoms with Gasteiger partial charge >= 0.3 is 0 Å². The lowest BCUT2D eigenvalue weighted by Crippen LogP contribution is -2.43. The Kier molecular flexibility index (Phi) is 10.9. The van der Waals surface area contributed by atoms with Gasteiger partial charge in [0.05, 0.1) is 38.2 Å². The first-order chi connectivity index (χ1) is 15.8. The molecule has 0 saturated carbocycles. The third-order valence-electron chi connectivity index (χ3n) is 5.93. The molecule has 4 rings (SSSR count). The van der Waals surface area contributed by atoms with Crippen LogP contribution in [0.25, 0.3) is 0 Å². The van der Waals surface area contributed by atoms with Gasteiger partial charge in [-0.1, -0.05) is 12.1 Å². The van der Waals surface area contributed by atoms with E-state index in [4.69, 9.17) is 18.9 Å². The van der Waals surface area contributed by atoms with E-state index in [0.29, 0.717) is 26.3 Å². The highest BCUT2D eigenvalue weighted by molar-refractivity contribution is 14.0. The van der Waals surface area contributed by atoms with Crippen LogP contribution in [0.15, 0.2) is 52.1 Å². The van der Waals surface area contributed by atoms with E-state index in [9.17, 15) is 4.39 Å². The Labute approximate surface area is 212 Å². The van der Waals surface area contributed by atoms with Crippen LogP contribution in [0.1, 0.15) is 30.2 Å². The van der Waals surface area contributed by atoms with Crippen molar-refractivity contribution in [3.05, 3.63) is 59.8 Å². The van der Waals surface area contributed by atoms with E-state index in [2.05, 4.69) is 15.5 Å². The van der Waals surface area contributed by atoms with Gasteiger partial charge in [0.25, 0.3) is 0 Å². The van der Waals surface area contributed by atoms with Crippen LogP contribution in [0.2, 0.25) is 0 Å². The second kappa shape index (κ2) is 13.9. The quantitative estimate of drug-likeness (QED) is 0.273. The largest absolute Gasteiger partial charge is 0.469 e. The van der Waals surface area contributed by atoms with E-state index in [1.54, 1.807) is 6.26 Å². The number of furan rings is 1. The lowest BCUT2D eigenvalue weighted by atomic mass is 10.0. The van der Waals surface area contributed by atoms with E-state index >= 15 is 0 Å². The van der Waals surface area contributed by atoms with Crippen LogP contribution in [-0.4, -0.2) is 69.5 Å². The summed E-state index contributed by atoms with van der Waals surface area (Å²) in [6.45, 7) is 5.90. The van der Waals surface area contributed by atoms with Crippen LogP contribution in [0.4, 0.5) is 4.39 Å². The van der Waals surface area contributed by atoms with Crippen molar-refractivity contribution in [2.75, 3.05) is 52.5 Å². The van der Waals surface area contributed by atoms with E-state index in [-0.39, 0.29) is 41.9 Å². The van der Waals surface area contributed by atoms with E-state index in [1.807, 2.05) is 24.3 Å². The molecule has 33 heavy (non-hydrogen) atoms. The number of morpholine rings is 1. The smallest absolute Gasteiger partial charge is 0.191 e. The van der Waals surface area contributed by atoms with Gasteiger partial charge in [0.1, 0.15) is 11.6 Å². The average molecular weight is 572 g/mol. The minimum Gasteiger partial charge on any atom is -0.469 e. The Morgan fingerprint density at radius 2 is 1.94 bits per heavy atom. The standard InChI is InChI=1S/C24H33FN4O3.HI/c25-20-7-5-19(6-8-20)23(29-11-15-30-16-12-29)18-28-24(27-17-22-4-2-14-32-22)26-10-9-21-3-1-13-31-21;/h1,3,5-8,13,22-23H,2,4,9-12,14-18H2,(H2,26,27,28);1H. The normalized spacial score (nSPS) is 20.3. The summed E-state index contributed by atoms with van der Waals surface area (Å²) in [6.07, 6.45) is 4.86. The van der Waals surface area contributed by atoms with E-state index in [1.165, 1.54) is 12.1 Å². The molecule has 0 amide bonds. The van der Waals surface area contributed by atoms with Crippen molar-refractivity contribution in [2.24, 2.45) is 4.99 Å². The summed E-state index contributed by atoms with van der Waals surface area (Å²) in [6, 6.07) is 10.7. The molecule has 2 fully saturated rings. The molecule has 2 aromatic rings. The number of nitrogens with zero attached hydrogens (tertiary/aromatic N) is 2. The summed E-state index contributed by atoms with van der Waals surface area (Å²) in [7, 11) is 0. The van der Waals surface area contributed by atoms with Crippen molar-refractivity contribution in [3.8, 4) is 0 Å². The number of benzene rings is 1. The van der Waals surface area contributed by atoms with Gasteiger partial charge in [-0.2, -0.15) is 0 Å². The van der Waals surface area contributed by atoms with Gasteiger partial charge in [0.15, 0.2) is 5.96 Å². The molecule has 0 spiro atoms. The fraction of sp³-hybridized carbons (Fsp3) is 0.542. The van der Waals surface area contributed by atoms with Gasteiger partial charge in [-0.15, -0.1) is 24.0 Å². The van der Waals surface area contributed by atoms with Gasteiger partial charge < -0.3 is 24.5 Å². The number of ether oxygens (including phenoxy) is 2. The first kappa shape index (κ1) is 25.9. The first-order valence-electron chi connectivity index (χ1n) is 11.5. The van der Waals surface area contributed by atoms with Gasteiger partial charge in [0.2, 0.25) is 0 Å². The number of halogens is 2. The molecule has 2 unspecified atom stereocenters. The molecule has 2 aliphatic heterocycles. The van der Waals surface area contributed by atoms with Gasteiger partial charge in [-0.25, -0.2) is 4.39 Å². The highest BCUT2D eigenvalue weighted by Crippen LogP contribution is 2.23. The summed E-state index contributed by atoms with van der Waals surface area (Å²) >= 11 is 0. The predicted octanol–water partition coefficient (Wildman–Crippen LogP) is 3.37. The molecule has 0 bridgehead atoms. The lowest BCUT2D eigenvalue weighted by Gasteiger charge is -2.34. The van der Waals surface area contributed by atoms with Crippen molar-refractivity contribution < 1.29 is 18.3 Å². The van der Waals surface area contributed by atoms with Gasteiger partial charge in [0, 0.05) is 39.2 Å². The summed E-state index contributed by atoms with van der Waals surface area (Å²) < 4.78 is 30.2. The molecule has 0 radical (unpaired) electrons. The molecule has 2 saturated heterocycles. The highest BCUT2D eigenvalue weighted by atomic mass is 127. The molecule has 2 aliphatic rings. The monoisotopic (exact) mass is 572 g/mol. The molecule has 2 N–H and O–H groups in total. The van der Waals surface area contributed by atoms with Crippen molar-refractivity contribution in [2.45, 2.75) is 31.4 Å². The Balaban J connectivity index is 0.00000306. The maximum Gasteiger partial charge on any atom is 0.191 e. The zero-order valence-corrected chi connectivity index (χ0v) is 21.2. The Bertz CT molecular complexity index is 823. The Morgan fingerprint density at radius 3 is 2.64 bits per heavy atom. The number of hydrogen-bond donors (Lipinski definition) is 2. The SMILES string of the molecule is Fc1ccc(C(CN=C(NCCc2ccco2)NCC2CCCO2)N2CCOCC2)cc1.I. The van der Waals surface area contributed by atoms with Crippen molar-refractivity contribution >= 4 is 29.9 Å². The predicted molar refractivity (Wildman–Crippen MR) is 137 cm³/mol. The maximum absolute atomic E-state index is 13.5. The van der Waals surface area contributed by atoms with E-state index in [0.717, 1.165) is 62.8 Å². The molecule has 182 valence electrons. The van der Waals surface area contributed by atoms with Crippen LogP contribution in [0, 0.1) is 5.82 Å². The van der Waals surface area contributed by atoms with Crippen molar-refractivity contribution in [1.82, 2.24) is 15.5 Å². The number of hydrogen-bond acceptors (Lipinski definition) is 5. The van der Waals surface area contributed by atoms with Crippen molar-refractivity contribution in [3.63, 3.8) is 0 Å². The Morgan fingerprint density at radius 1 is 1.12 bits per heavy atom. The zero-order chi connectivity index (χ0) is 22.0. The molecule has 3 heterocycles. The fourth-order valence-electron chi connectivity index (χ4n) is 4.13. The summed E-state index contributed by atoms with van der Waals surface area (Å²) in [5.41, 5.74) is 1.06. The second-order valence-corrected chi connectivity index (χ2v) is 8.18. The minimum absolute atomic E-state index is 0. The fourth-order valence-corrected chi connectivity index (χ4v) is 4.13. The van der Waals surface area contributed by atoms with Crippen LogP contribution >= 0.6 is 24.0 Å². The molecule has 0 aliphatic carbocycles. The molecular weight excluding hydrogens is 538 g/mol. The van der Waals surface area contributed by atoms with Crippen molar-refractivity contribution in [1.29, 1.82) is 0 Å². The average Bonchev–Trinajstić information content (AvgIpc) is 3.53. The summed E-state index contributed by atoms with van der Waals surface area (Å²) in [5.74, 6) is 1.47. The third kappa shape index (κ3) is 8.24. The molecule has 1 aromatic heterocycles. The molecule has 7 nitrogen and oxygen atoms in total. The van der Waals surface area contributed by atoms with Crippen LogP contribution in [-0.2, 0) is 15.9 Å². The summed E-state index contributed by atoms with van der Waals surface area (Å²) in [4.78, 5) is 7.27. The zero-order valence-electron chi connectivity index (χ0n) is 18.9.